The van der Waals surface area contributed by atoms with Crippen LogP contribution in [-0.4, -0.2) is 19.2 Å². The van der Waals surface area contributed by atoms with Crippen molar-refractivity contribution in [2.45, 2.75) is 50.0 Å². The van der Waals surface area contributed by atoms with Crippen LogP contribution in [0.5, 0.6) is 5.75 Å². The van der Waals surface area contributed by atoms with Crippen LogP contribution in [-0.2, 0) is 0 Å². The van der Waals surface area contributed by atoms with Crippen LogP contribution in [0, 0.1) is 0 Å². The third-order valence-electron chi connectivity index (χ3n) is 5.12. The molecule has 26 heavy (non-hydrogen) atoms. The van der Waals surface area contributed by atoms with Crippen LogP contribution < -0.4 is 14.4 Å². The summed E-state index contributed by atoms with van der Waals surface area (Å²) in [5.74, 6) is 0.864. The molecule has 1 aliphatic rings. The van der Waals surface area contributed by atoms with E-state index in [9.17, 15) is 0 Å². The summed E-state index contributed by atoms with van der Waals surface area (Å²) in [6.45, 7) is 5.50. The van der Waals surface area contributed by atoms with Crippen molar-refractivity contribution in [2.75, 3.05) is 18.6 Å². The Kier molecular flexibility index (Phi) is 6.54. The van der Waals surface area contributed by atoms with Gasteiger partial charge in [-0.2, -0.15) is 0 Å². The van der Waals surface area contributed by atoms with Crippen LogP contribution in [0.15, 0.2) is 51.8 Å². The first-order valence-corrected chi connectivity index (χ1v) is 10.9. The molecule has 1 N–H and O–H groups in total. The van der Waals surface area contributed by atoms with Gasteiger partial charge in [-0.1, -0.05) is 44.9 Å². The van der Waals surface area contributed by atoms with Crippen LogP contribution in [0.25, 0.3) is 0 Å². The number of anilines is 2. The molecule has 1 atom stereocenters. The molecule has 0 aromatic heterocycles. The largest absolute Gasteiger partial charge is 0.496 e. The van der Waals surface area contributed by atoms with Crippen LogP contribution in [0.2, 0.25) is 0 Å². The minimum absolute atomic E-state index is 0.0786. The number of rotatable bonds is 6. The Bertz CT molecular complexity index is 740. The third-order valence-corrected chi connectivity index (χ3v) is 6.82. The van der Waals surface area contributed by atoms with Crippen molar-refractivity contribution < 1.29 is 4.74 Å². The zero-order chi connectivity index (χ0) is 18.6. The number of benzene rings is 2. The van der Waals surface area contributed by atoms with E-state index in [-0.39, 0.29) is 5.54 Å². The number of fused-ring (bicyclic) bond motifs is 1. The average Bonchev–Trinajstić information content (AvgIpc) is 2.84. The van der Waals surface area contributed by atoms with Crippen molar-refractivity contribution in [1.82, 2.24) is 4.72 Å². The molecular formula is C21H27BrN2OS. The molecule has 1 heterocycles. The number of halogens is 1. The van der Waals surface area contributed by atoms with Gasteiger partial charge in [-0.05, 0) is 65.0 Å². The molecule has 0 saturated heterocycles. The van der Waals surface area contributed by atoms with Gasteiger partial charge in [0.15, 0.2) is 0 Å². The summed E-state index contributed by atoms with van der Waals surface area (Å²) in [6, 6.07) is 15.0. The topological polar surface area (TPSA) is 24.5 Å². The average molecular weight is 435 g/mol. The SMILES string of the molecule is CCCCC1(CC)CN(c2ccccc2)c2cc(Br)c(OC)cc2SN1. The van der Waals surface area contributed by atoms with Crippen LogP contribution in [0.3, 0.4) is 0 Å². The Labute approximate surface area is 169 Å². The maximum atomic E-state index is 5.53. The summed E-state index contributed by atoms with van der Waals surface area (Å²) < 4.78 is 10.3. The molecule has 0 saturated carbocycles. The number of nitrogens with one attached hydrogen (secondary N) is 1. The fraction of sp³-hybridized carbons (Fsp3) is 0.429. The Morgan fingerprint density at radius 1 is 1.23 bits per heavy atom. The molecule has 0 bridgehead atoms. The number of hydrogen-bond acceptors (Lipinski definition) is 4. The van der Waals surface area contributed by atoms with Gasteiger partial charge in [0, 0.05) is 17.8 Å². The molecule has 2 aromatic rings. The summed E-state index contributed by atoms with van der Waals surface area (Å²) in [5.41, 5.74) is 2.52. The zero-order valence-electron chi connectivity index (χ0n) is 15.7. The maximum absolute atomic E-state index is 5.53. The van der Waals surface area contributed by atoms with Gasteiger partial charge in [-0.15, -0.1) is 0 Å². The van der Waals surface area contributed by atoms with Gasteiger partial charge in [0.2, 0.25) is 0 Å². The molecule has 2 aromatic carbocycles. The lowest BCUT2D eigenvalue weighted by atomic mass is 9.90. The Morgan fingerprint density at radius 2 is 2.00 bits per heavy atom. The summed E-state index contributed by atoms with van der Waals surface area (Å²) in [4.78, 5) is 3.65. The second-order valence-corrected chi connectivity index (χ2v) is 8.52. The van der Waals surface area contributed by atoms with E-state index in [4.69, 9.17) is 4.74 Å². The first-order chi connectivity index (χ1) is 12.6. The fourth-order valence-corrected chi connectivity index (χ4v) is 4.97. The zero-order valence-corrected chi connectivity index (χ0v) is 18.1. The van der Waals surface area contributed by atoms with E-state index >= 15 is 0 Å². The number of nitrogens with zero attached hydrogens (tertiary/aromatic N) is 1. The highest BCUT2D eigenvalue weighted by molar-refractivity contribution is 9.10. The standard InChI is InChI=1S/C21H27BrN2OS/c1-4-6-12-21(5-2)15-24(16-10-8-7-9-11-16)18-13-17(22)19(25-3)14-20(18)26-23-21/h7-11,13-14,23H,4-6,12,15H2,1-3H3. The van der Waals surface area contributed by atoms with Gasteiger partial charge in [-0.3, -0.25) is 4.72 Å². The normalized spacial score (nSPS) is 19.8. The lowest BCUT2D eigenvalue weighted by Crippen LogP contribution is -2.48. The lowest BCUT2D eigenvalue weighted by molar-refractivity contribution is 0.351. The van der Waals surface area contributed by atoms with E-state index < -0.39 is 0 Å². The monoisotopic (exact) mass is 434 g/mol. The quantitative estimate of drug-likeness (QED) is 0.521. The predicted molar refractivity (Wildman–Crippen MR) is 116 cm³/mol. The minimum Gasteiger partial charge on any atom is -0.496 e. The van der Waals surface area contributed by atoms with Crippen LogP contribution >= 0.6 is 27.9 Å². The van der Waals surface area contributed by atoms with Gasteiger partial charge in [0.05, 0.1) is 22.2 Å². The van der Waals surface area contributed by atoms with E-state index in [0.29, 0.717) is 0 Å². The van der Waals surface area contributed by atoms with Crippen molar-refractivity contribution in [2.24, 2.45) is 0 Å². The molecule has 3 rings (SSSR count). The summed E-state index contributed by atoms with van der Waals surface area (Å²) >= 11 is 5.40. The van der Waals surface area contributed by atoms with E-state index in [1.807, 2.05) is 0 Å². The molecule has 0 radical (unpaired) electrons. The molecule has 0 spiro atoms. The van der Waals surface area contributed by atoms with Crippen molar-refractivity contribution >= 4 is 39.3 Å². The van der Waals surface area contributed by atoms with Crippen molar-refractivity contribution in [3.8, 4) is 5.75 Å². The van der Waals surface area contributed by atoms with Crippen molar-refractivity contribution in [3.63, 3.8) is 0 Å². The van der Waals surface area contributed by atoms with Gasteiger partial charge in [-0.25, -0.2) is 0 Å². The molecule has 0 amide bonds. The minimum atomic E-state index is 0.0786. The second-order valence-electron chi connectivity index (χ2n) is 6.82. The van der Waals surface area contributed by atoms with Crippen molar-refractivity contribution in [1.29, 1.82) is 0 Å². The molecule has 0 aliphatic carbocycles. The van der Waals surface area contributed by atoms with E-state index in [0.717, 1.165) is 23.2 Å². The van der Waals surface area contributed by atoms with Gasteiger partial charge in [0.1, 0.15) is 5.75 Å². The molecular weight excluding hydrogens is 408 g/mol. The lowest BCUT2D eigenvalue weighted by Gasteiger charge is -2.37. The Hall–Kier alpha value is -1.17. The second kappa shape index (κ2) is 8.68. The van der Waals surface area contributed by atoms with Crippen LogP contribution in [0.1, 0.15) is 39.5 Å². The smallest absolute Gasteiger partial charge is 0.134 e. The number of unbranched alkanes of at least 4 members (excludes halogenated alkanes) is 1. The summed E-state index contributed by atoms with van der Waals surface area (Å²) in [7, 11) is 1.72. The summed E-state index contributed by atoms with van der Waals surface area (Å²) in [6.07, 6.45) is 4.71. The van der Waals surface area contributed by atoms with Gasteiger partial charge >= 0.3 is 0 Å². The molecule has 140 valence electrons. The van der Waals surface area contributed by atoms with Crippen LogP contribution in [0.4, 0.5) is 11.4 Å². The predicted octanol–water partition coefficient (Wildman–Crippen LogP) is 6.55. The van der Waals surface area contributed by atoms with E-state index in [2.05, 4.69) is 81.9 Å². The van der Waals surface area contributed by atoms with E-state index in [1.54, 1.807) is 19.1 Å². The molecule has 5 heteroatoms. The molecule has 3 nitrogen and oxygen atoms in total. The first kappa shape index (κ1) is 19.6. The van der Waals surface area contributed by atoms with Crippen molar-refractivity contribution in [3.05, 3.63) is 46.9 Å². The number of ether oxygens (including phenoxy) is 1. The highest BCUT2D eigenvalue weighted by Crippen LogP contribution is 2.44. The molecule has 1 aliphatic heterocycles. The third kappa shape index (κ3) is 4.05. The number of para-hydroxylation sites is 1. The molecule has 1 unspecified atom stereocenters. The number of hydrogen-bond donors (Lipinski definition) is 1. The van der Waals surface area contributed by atoms with E-state index in [1.165, 1.54) is 35.5 Å². The first-order valence-electron chi connectivity index (χ1n) is 9.26. The number of methoxy groups -OCH3 is 1. The van der Waals surface area contributed by atoms with Gasteiger partial charge < -0.3 is 9.64 Å². The fourth-order valence-electron chi connectivity index (χ4n) is 3.40. The summed E-state index contributed by atoms with van der Waals surface area (Å²) in [5, 5.41) is 0. The Morgan fingerprint density at radius 3 is 2.65 bits per heavy atom. The Balaban J connectivity index is 2.09. The molecule has 0 fully saturated rings. The highest BCUT2D eigenvalue weighted by Gasteiger charge is 2.35. The maximum Gasteiger partial charge on any atom is 0.134 e. The highest BCUT2D eigenvalue weighted by atomic mass is 79.9. The van der Waals surface area contributed by atoms with Gasteiger partial charge in [0.25, 0.3) is 0 Å².